The molecule has 5 rings (SSSR count). The molecule has 0 aliphatic carbocycles. The molecule has 1 aromatic carbocycles. The summed E-state index contributed by atoms with van der Waals surface area (Å²) < 4.78 is 53.2. The highest BCUT2D eigenvalue weighted by molar-refractivity contribution is 7.89. The van der Waals surface area contributed by atoms with Crippen LogP contribution in [0.15, 0.2) is 23.0 Å². The lowest BCUT2D eigenvalue weighted by Gasteiger charge is -2.31. The number of esters is 1. The number of carbonyl (C=O) groups excluding carboxylic acids is 1. The van der Waals surface area contributed by atoms with Crippen molar-refractivity contribution in [2.24, 2.45) is 0 Å². The number of hydrogen-bond acceptors (Lipinski definition) is 9. The van der Waals surface area contributed by atoms with Crippen LogP contribution in [0.2, 0.25) is 0 Å². The van der Waals surface area contributed by atoms with Crippen LogP contribution < -0.4 is 15.0 Å². The molecular weight excluding hydrogens is 509 g/mol. The van der Waals surface area contributed by atoms with Crippen LogP contribution >= 0.6 is 0 Å². The molecule has 37 heavy (non-hydrogen) atoms. The number of halogens is 1. The van der Waals surface area contributed by atoms with Gasteiger partial charge in [-0.25, -0.2) is 27.3 Å². The number of fused-ring (bicyclic) bond motifs is 5. The van der Waals surface area contributed by atoms with Gasteiger partial charge in [0.15, 0.2) is 17.2 Å². The maximum absolute atomic E-state index is 14.6. The number of nitrogens with zero attached hydrogens (tertiary/aromatic N) is 2. The van der Waals surface area contributed by atoms with Crippen LogP contribution in [-0.2, 0) is 44.9 Å². The van der Waals surface area contributed by atoms with Crippen LogP contribution in [0.1, 0.15) is 35.6 Å². The van der Waals surface area contributed by atoms with Crippen LogP contribution in [0.4, 0.5) is 4.39 Å². The number of aromatic nitrogens is 2. The fraction of sp³-hybridized carbons (Fsp3) is 0.375. The minimum Gasteiger partial charge on any atom is -0.494 e. The molecule has 0 spiro atoms. The quantitative estimate of drug-likeness (QED) is 0.290. The maximum Gasteiger partial charge on any atom is 0.343 e. The van der Waals surface area contributed by atoms with Gasteiger partial charge in [-0.05, 0) is 24.1 Å². The van der Waals surface area contributed by atoms with Gasteiger partial charge in [0.2, 0.25) is 10.0 Å². The lowest BCUT2D eigenvalue weighted by atomic mass is 9.86. The van der Waals surface area contributed by atoms with Crippen molar-refractivity contribution in [2.45, 2.75) is 38.6 Å². The molecule has 3 N–H and O–H groups in total. The molecule has 0 saturated heterocycles. The molecule has 4 heterocycles. The summed E-state index contributed by atoms with van der Waals surface area (Å²) in [5.74, 6) is -2.12. The van der Waals surface area contributed by atoms with Gasteiger partial charge < -0.3 is 24.3 Å². The molecule has 2 aliphatic heterocycles. The first-order chi connectivity index (χ1) is 17.5. The highest BCUT2D eigenvalue weighted by Crippen LogP contribution is 2.41. The first-order valence-electron chi connectivity index (χ1n) is 11.5. The highest BCUT2D eigenvalue weighted by atomic mass is 32.2. The summed E-state index contributed by atoms with van der Waals surface area (Å²) in [4.78, 5) is 30.4. The molecule has 196 valence electrons. The van der Waals surface area contributed by atoms with Crippen molar-refractivity contribution in [3.8, 4) is 17.1 Å². The summed E-state index contributed by atoms with van der Waals surface area (Å²) in [7, 11) is -2.54. The third kappa shape index (κ3) is 3.89. The number of pyridine rings is 2. The van der Waals surface area contributed by atoms with Gasteiger partial charge in [0, 0.05) is 29.1 Å². The topological polar surface area (TPSA) is 157 Å². The summed E-state index contributed by atoms with van der Waals surface area (Å²) in [5.41, 5.74) is -0.473. The molecule has 1 atom stereocenters. The van der Waals surface area contributed by atoms with Crippen LogP contribution in [-0.4, -0.2) is 53.6 Å². The monoisotopic (exact) mass is 533 g/mol. The fourth-order valence-electron chi connectivity index (χ4n) is 4.90. The number of aliphatic hydroxyl groups excluding tert-OH is 1. The minimum absolute atomic E-state index is 0.0228. The lowest BCUT2D eigenvalue weighted by Crippen LogP contribution is -2.44. The molecule has 0 saturated carbocycles. The number of methoxy groups -OCH3 is 1. The SMILES string of the molecule is CC[C@@]1(O)C(=O)OCc2c1cc1n(c2=O)Cc2c-1nc1cc(F)c(OC)cc1c2CNS(=O)(=O)CCO. The van der Waals surface area contributed by atoms with Crippen molar-refractivity contribution in [3.63, 3.8) is 0 Å². The molecular formula is C24H24FN3O8S. The molecule has 2 aromatic heterocycles. The van der Waals surface area contributed by atoms with Crippen molar-refractivity contribution in [1.82, 2.24) is 14.3 Å². The first kappa shape index (κ1) is 25.3. The van der Waals surface area contributed by atoms with Crippen LogP contribution in [0.3, 0.4) is 0 Å². The van der Waals surface area contributed by atoms with E-state index >= 15 is 0 Å². The van der Waals surface area contributed by atoms with Gasteiger partial charge in [-0.3, -0.25) is 4.79 Å². The number of nitrogens with one attached hydrogen (secondary N) is 1. The van der Waals surface area contributed by atoms with Gasteiger partial charge in [-0.2, -0.15) is 0 Å². The zero-order chi connectivity index (χ0) is 26.7. The summed E-state index contributed by atoms with van der Waals surface area (Å²) >= 11 is 0. The Balaban J connectivity index is 1.76. The van der Waals surface area contributed by atoms with Gasteiger partial charge in [-0.15, -0.1) is 0 Å². The third-order valence-electron chi connectivity index (χ3n) is 6.91. The van der Waals surface area contributed by atoms with Gasteiger partial charge in [0.05, 0.1) is 48.5 Å². The third-order valence-corrected chi connectivity index (χ3v) is 8.21. The van der Waals surface area contributed by atoms with E-state index in [1.54, 1.807) is 6.92 Å². The Kier molecular flexibility index (Phi) is 6.06. The van der Waals surface area contributed by atoms with Crippen molar-refractivity contribution in [1.29, 1.82) is 0 Å². The zero-order valence-corrected chi connectivity index (χ0v) is 20.8. The molecule has 0 bridgehead atoms. The zero-order valence-electron chi connectivity index (χ0n) is 20.0. The average molecular weight is 534 g/mol. The number of aliphatic hydroxyl groups is 2. The lowest BCUT2D eigenvalue weighted by molar-refractivity contribution is -0.172. The van der Waals surface area contributed by atoms with Crippen molar-refractivity contribution in [2.75, 3.05) is 19.5 Å². The minimum atomic E-state index is -3.83. The smallest absolute Gasteiger partial charge is 0.343 e. The van der Waals surface area contributed by atoms with E-state index in [4.69, 9.17) is 14.6 Å². The normalized spacial score (nSPS) is 18.4. The number of ether oxygens (including phenoxy) is 2. The molecule has 2 aliphatic rings. The van der Waals surface area contributed by atoms with E-state index in [1.807, 2.05) is 0 Å². The summed E-state index contributed by atoms with van der Waals surface area (Å²) in [5, 5.41) is 20.5. The van der Waals surface area contributed by atoms with Gasteiger partial charge in [-0.1, -0.05) is 6.92 Å². The Morgan fingerprint density at radius 3 is 2.70 bits per heavy atom. The second kappa shape index (κ2) is 8.87. The summed E-state index contributed by atoms with van der Waals surface area (Å²) in [6, 6.07) is 4.08. The molecule has 0 amide bonds. The van der Waals surface area contributed by atoms with Crippen molar-refractivity contribution in [3.05, 3.63) is 56.6 Å². The number of benzene rings is 1. The van der Waals surface area contributed by atoms with E-state index < -0.39 is 45.3 Å². The highest BCUT2D eigenvalue weighted by Gasteiger charge is 2.45. The molecule has 3 aromatic rings. The second-order valence-corrected chi connectivity index (χ2v) is 10.8. The fourth-order valence-corrected chi connectivity index (χ4v) is 5.65. The predicted octanol–water partition coefficient (Wildman–Crippen LogP) is 0.639. The number of carbonyl (C=O) groups is 1. The van der Waals surface area contributed by atoms with E-state index in [1.165, 1.54) is 23.8 Å². The second-order valence-electron chi connectivity index (χ2n) is 8.89. The van der Waals surface area contributed by atoms with E-state index in [0.717, 1.165) is 6.07 Å². The van der Waals surface area contributed by atoms with Crippen LogP contribution in [0, 0.1) is 5.82 Å². The van der Waals surface area contributed by atoms with Crippen molar-refractivity contribution < 1.29 is 37.3 Å². The number of sulfonamides is 1. The molecule has 0 radical (unpaired) electrons. The summed E-state index contributed by atoms with van der Waals surface area (Å²) in [6.45, 7) is 0.527. The molecule has 0 fully saturated rings. The van der Waals surface area contributed by atoms with Gasteiger partial charge in [0.25, 0.3) is 5.56 Å². The van der Waals surface area contributed by atoms with E-state index in [0.29, 0.717) is 27.9 Å². The van der Waals surface area contributed by atoms with Crippen LogP contribution in [0.25, 0.3) is 22.3 Å². The van der Waals surface area contributed by atoms with Crippen molar-refractivity contribution >= 4 is 26.9 Å². The van der Waals surface area contributed by atoms with E-state index in [9.17, 15) is 27.5 Å². The Morgan fingerprint density at radius 2 is 2.03 bits per heavy atom. The Labute approximate surface area is 210 Å². The van der Waals surface area contributed by atoms with Gasteiger partial charge >= 0.3 is 5.97 Å². The maximum atomic E-state index is 14.6. The van der Waals surface area contributed by atoms with E-state index in [-0.39, 0.29) is 48.5 Å². The summed E-state index contributed by atoms with van der Waals surface area (Å²) in [6.07, 6.45) is -0.0252. The molecule has 0 unspecified atom stereocenters. The largest absolute Gasteiger partial charge is 0.494 e. The Morgan fingerprint density at radius 1 is 1.27 bits per heavy atom. The Bertz CT molecular complexity index is 1640. The van der Waals surface area contributed by atoms with E-state index in [2.05, 4.69) is 9.71 Å². The number of hydrogen-bond donors (Lipinski definition) is 3. The Hall–Kier alpha value is -3.39. The van der Waals surface area contributed by atoms with Crippen LogP contribution in [0.5, 0.6) is 5.75 Å². The average Bonchev–Trinajstić information content (AvgIpc) is 3.22. The van der Waals surface area contributed by atoms with Gasteiger partial charge in [0.1, 0.15) is 6.61 Å². The molecule has 13 heteroatoms. The molecule has 11 nitrogen and oxygen atoms in total. The number of cyclic esters (lactones) is 1. The standard InChI is InChI=1S/C24H24FN3O8S/c1-3-24(32)16-7-19-21-14(10-28(19)22(30)15(16)11-36-23(24)31)13(9-26-37(33,34)5-4-29)12-6-20(35-2)17(25)8-18(12)27-21/h6-8,26,29,32H,3-5,9-11H2,1-2H3/t24-/m0/s1. The first-order valence-corrected chi connectivity index (χ1v) is 13.1. The predicted molar refractivity (Wildman–Crippen MR) is 129 cm³/mol. The number of rotatable bonds is 7.